The number of nitrogens with one attached hydrogen (secondary N) is 1. The van der Waals surface area contributed by atoms with Crippen LogP contribution in [0.5, 0.6) is 0 Å². The first-order chi connectivity index (χ1) is 7.22. The fourth-order valence-corrected chi connectivity index (χ4v) is 2.28. The van der Waals surface area contributed by atoms with Gasteiger partial charge in [-0.1, -0.05) is 20.8 Å². The molecule has 0 bridgehead atoms. The van der Waals surface area contributed by atoms with Crippen molar-refractivity contribution in [3.63, 3.8) is 0 Å². The van der Waals surface area contributed by atoms with Gasteiger partial charge in [-0.05, 0) is 18.1 Å². The molecular formula is C11H23NO3Si. The van der Waals surface area contributed by atoms with Crippen LogP contribution in [0, 0.1) is 0 Å². The second-order valence-electron chi connectivity index (χ2n) is 5.84. The summed E-state index contributed by atoms with van der Waals surface area (Å²) >= 11 is 0. The van der Waals surface area contributed by atoms with E-state index in [0.717, 1.165) is 6.42 Å². The SMILES string of the molecule is CC(C)(C)[Si](C)(C)OC[C@H]1CCOC(=O)N1. The van der Waals surface area contributed by atoms with E-state index < -0.39 is 8.32 Å². The first kappa shape index (κ1) is 13.5. The minimum atomic E-state index is -1.70. The molecule has 1 heterocycles. The van der Waals surface area contributed by atoms with Crippen molar-refractivity contribution in [2.75, 3.05) is 13.2 Å². The van der Waals surface area contributed by atoms with Crippen molar-refractivity contribution in [2.24, 2.45) is 0 Å². The summed E-state index contributed by atoms with van der Waals surface area (Å²) in [5, 5.41) is 2.99. The summed E-state index contributed by atoms with van der Waals surface area (Å²) in [6.07, 6.45) is 0.510. The van der Waals surface area contributed by atoms with Crippen molar-refractivity contribution >= 4 is 14.4 Å². The topological polar surface area (TPSA) is 47.6 Å². The van der Waals surface area contributed by atoms with E-state index in [2.05, 4.69) is 39.2 Å². The molecule has 1 fully saturated rings. The van der Waals surface area contributed by atoms with Gasteiger partial charge in [0, 0.05) is 6.42 Å². The number of alkyl carbamates (subject to hydrolysis) is 1. The first-order valence-electron chi connectivity index (χ1n) is 5.79. The van der Waals surface area contributed by atoms with E-state index in [1.54, 1.807) is 0 Å². The van der Waals surface area contributed by atoms with E-state index in [9.17, 15) is 4.79 Å². The molecule has 1 aliphatic heterocycles. The summed E-state index contributed by atoms with van der Waals surface area (Å²) in [5.41, 5.74) is 0. The van der Waals surface area contributed by atoms with Crippen molar-refractivity contribution in [2.45, 2.75) is 51.4 Å². The minimum absolute atomic E-state index is 0.107. The Bertz CT molecular complexity index is 260. The summed E-state index contributed by atoms with van der Waals surface area (Å²) in [6, 6.07) is 0.107. The van der Waals surface area contributed by atoms with E-state index >= 15 is 0 Å². The predicted octanol–water partition coefficient (Wildman–Crippen LogP) is 2.51. The van der Waals surface area contributed by atoms with Gasteiger partial charge < -0.3 is 14.5 Å². The molecule has 94 valence electrons. The maximum absolute atomic E-state index is 11.0. The average molecular weight is 245 g/mol. The molecule has 0 aliphatic carbocycles. The third-order valence-electron chi connectivity index (χ3n) is 3.47. The lowest BCUT2D eigenvalue weighted by atomic mass is 10.2. The van der Waals surface area contributed by atoms with Crippen LogP contribution in [-0.2, 0) is 9.16 Å². The summed E-state index contributed by atoms with van der Waals surface area (Å²) in [6.45, 7) is 12.2. The fourth-order valence-electron chi connectivity index (χ4n) is 1.22. The number of amides is 1. The van der Waals surface area contributed by atoms with Gasteiger partial charge in [-0.2, -0.15) is 0 Å². The Kier molecular flexibility index (Phi) is 4.01. The molecule has 16 heavy (non-hydrogen) atoms. The molecule has 0 unspecified atom stereocenters. The molecule has 0 radical (unpaired) electrons. The van der Waals surface area contributed by atoms with E-state index in [-0.39, 0.29) is 17.2 Å². The molecule has 1 N–H and O–H groups in total. The first-order valence-corrected chi connectivity index (χ1v) is 8.70. The van der Waals surface area contributed by atoms with Gasteiger partial charge >= 0.3 is 6.09 Å². The molecule has 1 saturated heterocycles. The van der Waals surface area contributed by atoms with Crippen LogP contribution in [0.1, 0.15) is 27.2 Å². The summed E-state index contributed by atoms with van der Waals surface area (Å²) in [7, 11) is -1.70. The Balaban J connectivity index is 2.42. The number of rotatable bonds is 3. The van der Waals surface area contributed by atoms with Gasteiger partial charge in [0.1, 0.15) is 0 Å². The van der Waals surface area contributed by atoms with Crippen LogP contribution in [0.25, 0.3) is 0 Å². The van der Waals surface area contributed by atoms with Gasteiger partial charge in [0.2, 0.25) is 0 Å². The predicted molar refractivity (Wildman–Crippen MR) is 66.0 cm³/mol. The summed E-state index contributed by atoms with van der Waals surface area (Å²) in [5.74, 6) is 0. The Morgan fingerprint density at radius 1 is 1.50 bits per heavy atom. The number of hydrogen-bond donors (Lipinski definition) is 1. The normalized spacial score (nSPS) is 22.6. The van der Waals surface area contributed by atoms with Crippen LogP contribution < -0.4 is 5.32 Å². The smallest absolute Gasteiger partial charge is 0.407 e. The largest absolute Gasteiger partial charge is 0.449 e. The highest BCUT2D eigenvalue weighted by Crippen LogP contribution is 2.36. The molecule has 5 heteroatoms. The van der Waals surface area contributed by atoms with Gasteiger partial charge in [0.05, 0.1) is 19.3 Å². The fraction of sp³-hybridized carbons (Fsp3) is 0.909. The lowest BCUT2D eigenvalue weighted by molar-refractivity contribution is 0.101. The lowest BCUT2D eigenvalue weighted by Gasteiger charge is -2.37. The van der Waals surface area contributed by atoms with Gasteiger partial charge in [-0.25, -0.2) is 4.79 Å². The lowest BCUT2D eigenvalue weighted by Crippen LogP contribution is -2.48. The second kappa shape index (κ2) is 4.75. The Hall–Kier alpha value is -0.553. The number of ether oxygens (including phenoxy) is 1. The maximum Gasteiger partial charge on any atom is 0.407 e. The standard InChI is InChI=1S/C11H23NO3Si/c1-11(2,3)16(4,5)15-8-9-6-7-14-10(13)12-9/h9H,6-8H2,1-5H3,(H,12,13)/t9-/m1/s1. The highest BCUT2D eigenvalue weighted by Gasteiger charge is 2.37. The molecule has 0 aromatic carbocycles. The maximum atomic E-state index is 11.0. The minimum Gasteiger partial charge on any atom is -0.449 e. The van der Waals surface area contributed by atoms with Gasteiger partial charge in [-0.3, -0.25) is 0 Å². The van der Waals surface area contributed by atoms with E-state index in [4.69, 9.17) is 9.16 Å². The van der Waals surface area contributed by atoms with Crippen LogP contribution in [0.3, 0.4) is 0 Å². The van der Waals surface area contributed by atoms with E-state index in [1.807, 2.05) is 0 Å². The van der Waals surface area contributed by atoms with Gasteiger partial charge in [0.15, 0.2) is 8.32 Å². The molecule has 1 amide bonds. The highest BCUT2D eigenvalue weighted by atomic mass is 28.4. The Labute approximate surface area is 98.8 Å². The van der Waals surface area contributed by atoms with Gasteiger partial charge in [-0.15, -0.1) is 0 Å². The van der Waals surface area contributed by atoms with Crippen molar-refractivity contribution < 1.29 is 14.0 Å². The molecule has 0 saturated carbocycles. The quantitative estimate of drug-likeness (QED) is 0.777. The van der Waals surface area contributed by atoms with Crippen LogP contribution in [0.2, 0.25) is 18.1 Å². The molecule has 0 aromatic heterocycles. The van der Waals surface area contributed by atoms with Crippen LogP contribution in [-0.4, -0.2) is 33.7 Å². The zero-order valence-electron chi connectivity index (χ0n) is 10.9. The molecule has 1 aliphatic rings. The number of hydrogen-bond acceptors (Lipinski definition) is 3. The van der Waals surface area contributed by atoms with E-state index in [0.29, 0.717) is 13.2 Å². The van der Waals surface area contributed by atoms with Crippen molar-refractivity contribution in [1.29, 1.82) is 0 Å². The van der Waals surface area contributed by atoms with Crippen LogP contribution in [0.4, 0.5) is 4.79 Å². The molecule has 0 aromatic rings. The molecular weight excluding hydrogens is 222 g/mol. The van der Waals surface area contributed by atoms with Gasteiger partial charge in [0.25, 0.3) is 0 Å². The number of cyclic esters (lactones) is 1. The van der Waals surface area contributed by atoms with Crippen LogP contribution in [0.15, 0.2) is 0 Å². The van der Waals surface area contributed by atoms with Crippen molar-refractivity contribution in [3.05, 3.63) is 0 Å². The zero-order valence-corrected chi connectivity index (χ0v) is 11.9. The molecule has 1 rings (SSSR count). The third kappa shape index (κ3) is 3.49. The Morgan fingerprint density at radius 3 is 2.62 bits per heavy atom. The summed E-state index contributed by atoms with van der Waals surface area (Å²) < 4.78 is 10.9. The molecule has 4 nitrogen and oxygen atoms in total. The molecule has 0 spiro atoms. The number of carbonyl (C=O) groups is 1. The van der Waals surface area contributed by atoms with E-state index in [1.165, 1.54) is 0 Å². The second-order valence-corrected chi connectivity index (χ2v) is 10.6. The molecule has 1 atom stereocenters. The monoisotopic (exact) mass is 245 g/mol. The summed E-state index contributed by atoms with van der Waals surface area (Å²) in [4.78, 5) is 11.0. The van der Waals surface area contributed by atoms with Crippen LogP contribution >= 0.6 is 0 Å². The van der Waals surface area contributed by atoms with Crippen molar-refractivity contribution in [1.82, 2.24) is 5.32 Å². The highest BCUT2D eigenvalue weighted by molar-refractivity contribution is 6.74. The average Bonchev–Trinajstić information content (AvgIpc) is 2.13. The van der Waals surface area contributed by atoms with Crippen molar-refractivity contribution in [3.8, 4) is 0 Å². The zero-order chi connectivity index (χ0) is 12.4. The third-order valence-corrected chi connectivity index (χ3v) is 7.97. The Morgan fingerprint density at radius 2 is 2.12 bits per heavy atom. The number of carbonyl (C=O) groups excluding carboxylic acids is 1.